The topological polar surface area (TPSA) is 64.3 Å². The number of hydrogen-bond acceptors (Lipinski definition) is 4. The van der Waals surface area contributed by atoms with Crippen LogP contribution in [0.15, 0.2) is 18.2 Å². The minimum Gasteiger partial charge on any atom is -0.462 e. The molecule has 0 heterocycles. The Morgan fingerprint density at radius 3 is 2.63 bits per heavy atom. The molecule has 0 fully saturated rings. The number of carbonyl (C=O) groups is 1. The summed E-state index contributed by atoms with van der Waals surface area (Å²) in [5.74, 6) is 0.156. The van der Waals surface area contributed by atoms with Crippen LogP contribution >= 0.6 is 0 Å². The first-order valence-corrected chi connectivity index (χ1v) is 6.83. The Hall–Kier alpha value is -1.71. The molecule has 2 unspecified atom stereocenters. The van der Waals surface area contributed by atoms with Crippen LogP contribution in [0.5, 0.6) is 0 Å². The molecular formula is C15H24N2O2. The predicted molar refractivity (Wildman–Crippen MR) is 79.4 cm³/mol. The summed E-state index contributed by atoms with van der Waals surface area (Å²) in [6.07, 6.45) is 1.07. The maximum Gasteiger partial charge on any atom is 0.340 e. The number of esters is 1. The van der Waals surface area contributed by atoms with Crippen molar-refractivity contribution in [3.63, 3.8) is 0 Å². The summed E-state index contributed by atoms with van der Waals surface area (Å²) in [6.45, 7) is 8.55. The molecule has 0 bridgehead atoms. The summed E-state index contributed by atoms with van der Waals surface area (Å²) in [5, 5.41) is 3.34. The Labute approximate surface area is 115 Å². The maximum atomic E-state index is 11.9. The van der Waals surface area contributed by atoms with E-state index in [2.05, 4.69) is 26.1 Å². The van der Waals surface area contributed by atoms with Crippen LogP contribution in [0.4, 0.5) is 11.4 Å². The third-order valence-corrected chi connectivity index (χ3v) is 3.46. The van der Waals surface area contributed by atoms with E-state index in [-0.39, 0.29) is 12.0 Å². The lowest BCUT2D eigenvalue weighted by molar-refractivity contribution is 0.0527. The number of nitrogens with one attached hydrogen (secondary N) is 1. The van der Waals surface area contributed by atoms with Crippen molar-refractivity contribution in [1.29, 1.82) is 0 Å². The first kappa shape index (κ1) is 15.3. The van der Waals surface area contributed by atoms with Crippen LogP contribution in [0.2, 0.25) is 0 Å². The van der Waals surface area contributed by atoms with Gasteiger partial charge in [0.2, 0.25) is 0 Å². The number of carbonyl (C=O) groups excluding carboxylic acids is 1. The highest BCUT2D eigenvalue weighted by molar-refractivity contribution is 5.98. The minimum absolute atomic E-state index is 0.239. The van der Waals surface area contributed by atoms with Crippen molar-refractivity contribution in [3.8, 4) is 0 Å². The molecule has 0 spiro atoms. The summed E-state index contributed by atoms with van der Waals surface area (Å²) < 4.78 is 5.06. The lowest BCUT2D eigenvalue weighted by Crippen LogP contribution is -2.25. The second kappa shape index (κ2) is 7.02. The predicted octanol–water partition coefficient (Wildman–Crippen LogP) is 3.29. The van der Waals surface area contributed by atoms with Gasteiger partial charge in [0.15, 0.2) is 0 Å². The lowest BCUT2D eigenvalue weighted by Gasteiger charge is -2.23. The minimum atomic E-state index is -0.339. The van der Waals surface area contributed by atoms with Gasteiger partial charge in [0.1, 0.15) is 0 Å². The highest BCUT2D eigenvalue weighted by Gasteiger charge is 2.18. The van der Waals surface area contributed by atoms with Gasteiger partial charge in [0, 0.05) is 6.04 Å². The van der Waals surface area contributed by atoms with Gasteiger partial charge < -0.3 is 15.8 Å². The molecule has 0 aliphatic rings. The van der Waals surface area contributed by atoms with Crippen LogP contribution in [-0.4, -0.2) is 18.6 Å². The number of benzene rings is 1. The third kappa shape index (κ3) is 3.88. The zero-order chi connectivity index (χ0) is 14.4. The Kier molecular flexibility index (Phi) is 5.67. The number of nitrogen functional groups attached to an aromatic ring is 1. The van der Waals surface area contributed by atoms with Crippen molar-refractivity contribution in [1.82, 2.24) is 0 Å². The smallest absolute Gasteiger partial charge is 0.340 e. The molecule has 0 aliphatic carbocycles. The van der Waals surface area contributed by atoms with Crippen LogP contribution in [0.1, 0.15) is 44.5 Å². The van der Waals surface area contributed by atoms with Crippen molar-refractivity contribution in [2.75, 3.05) is 17.7 Å². The summed E-state index contributed by atoms with van der Waals surface area (Å²) in [6, 6.07) is 5.53. The summed E-state index contributed by atoms with van der Waals surface area (Å²) in [5.41, 5.74) is 7.72. The van der Waals surface area contributed by atoms with E-state index in [4.69, 9.17) is 10.5 Å². The molecule has 0 saturated heterocycles. The molecule has 0 aromatic heterocycles. The van der Waals surface area contributed by atoms with E-state index in [1.54, 1.807) is 25.1 Å². The molecule has 1 aromatic rings. The third-order valence-electron chi connectivity index (χ3n) is 3.46. The van der Waals surface area contributed by atoms with Crippen LogP contribution in [0.25, 0.3) is 0 Å². The fraction of sp³-hybridized carbons (Fsp3) is 0.533. The molecule has 2 atom stereocenters. The molecule has 1 aromatic carbocycles. The van der Waals surface area contributed by atoms with E-state index in [0.29, 0.717) is 29.5 Å². The van der Waals surface area contributed by atoms with Crippen LogP contribution in [-0.2, 0) is 4.74 Å². The van der Waals surface area contributed by atoms with Gasteiger partial charge in [-0.1, -0.05) is 26.3 Å². The van der Waals surface area contributed by atoms with E-state index < -0.39 is 0 Å². The lowest BCUT2D eigenvalue weighted by atomic mass is 10.00. The number of hydrogen-bond donors (Lipinski definition) is 2. The van der Waals surface area contributed by atoms with E-state index in [9.17, 15) is 4.79 Å². The first-order valence-electron chi connectivity index (χ1n) is 6.83. The van der Waals surface area contributed by atoms with Crippen molar-refractivity contribution >= 4 is 17.3 Å². The molecule has 19 heavy (non-hydrogen) atoms. The van der Waals surface area contributed by atoms with Crippen molar-refractivity contribution < 1.29 is 9.53 Å². The zero-order valence-electron chi connectivity index (χ0n) is 12.2. The largest absolute Gasteiger partial charge is 0.462 e. The van der Waals surface area contributed by atoms with Gasteiger partial charge in [-0.3, -0.25) is 0 Å². The highest BCUT2D eigenvalue weighted by atomic mass is 16.5. The number of ether oxygens (including phenoxy) is 1. The van der Waals surface area contributed by atoms with Gasteiger partial charge in [-0.2, -0.15) is 0 Å². The van der Waals surface area contributed by atoms with Crippen molar-refractivity contribution in [2.45, 2.75) is 40.2 Å². The first-order chi connectivity index (χ1) is 9.01. The quantitative estimate of drug-likeness (QED) is 0.611. The Bertz CT molecular complexity index is 432. The molecule has 3 N–H and O–H groups in total. The van der Waals surface area contributed by atoms with Crippen LogP contribution < -0.4 is 11.1 Å². The van der Waals surface area contributed by atoms with Crippen LogP contribution in [0, 0.1) is 5.92 Å². The molecule has 106 valence electrons. The number of para-hydroxylation sites is 1. The second-order valence-electron chi connectivity index (χ2n) is 4.81. The SMILES string of the molecule is CCOC(=O)c1cccc(N)c1NC(C)C(C)CC. The van der Waals surface area contributed by atoms with Gasteiger partial charge in [-0.15, -0.1) is 0 Å². The zero-order valence-corrected chi connectivity index (χ0v) is 12.2. The number of rotatable bonds is 6. The van der Waals surface area contributed by atoms with E-state index in [1.807, 2.05) is 0 Å². The average molecular weight is 264 g/mol. The van der Waals surface area contributed by atoms with Crippen LogP contribution in [0.3, 0.4) is 0 Å². The standard InChI is InChI=1S/C15H24N2O2/c1-5-10(3)11(4)17-14-12(15(18)19-6-2)8-7-9-13(14)16/h7-11,17H,5-6,16H2,1-4H3. The van der Waals surface area contributed by atoms with Gasteiger partial charge in [0.25, 0.3) is 0 Å². The number of anilines is 2. The molecule has 0 aliphatic heterocycles. The molecule has 0 saturated carbocycles. The van der Waals surface area contributed by atoms with E-state index in [0.717, 1.165) is 6.42 Å². The Morgan fingerprint density at radius 1 is 1.37 bits per heavy atom. The Morgan fingerprint density at radius 2 is 2.05 bits per heavy atom. The molecule has 0 amide bonds. The second-order valence-corrected chi connectivity index (χ2v) is 4.81. The fourth-order valence-electron chi connectivity index (χ4n) is 1.83. The monoisotopic (exact) mass is 264 g/mol. The summed E-state index contributed by atoms with van der Waals surface area (Å²) in [4.78, 5) is 11.9. The van der Waals surface area contributed by atoms with Crippen molar-refractivity contribution in [2.24, 2.45) is 5.92 Å². The van der Waals surface area contributed by atoms with Gasteiger partial charge in [0.05, 0.1) is 23.5 Å². The fourth-order valence-corrected chi connectivity index (χ4v) is 1.83. The normalized spacial score (nSPS) is 13.7. The maximum absolute atomic E-state index is 11.9. The van der Waals surface area contributed by atoms with E-state index in [1.165, 1.54) is 0 Å². The summed E-state index contributed by atoms with van der Waals surface area (Å²) >= 11 is 0. The molecule has 4 nitrogen and oxygen atoms in total. The number of nitrogens with two attached hydrogens (primary N) is 1. The van der Waals surface area contributed by atoms with Gasteiger partial charge in [-0.05, 0) is 31.9 Å². The molecule has 1 rings (SSSR count). The molecule has 0 radical (unpaired) electrons. The molecular weight excluding hydrogens is 240 g/mol. The average Bonchev–Trinajstić information content (AvgIpc) is 2.40. The summed E-state index contributed by atoms with van der Waals surface area (Å²) in [7, 11) is 0. The highest BCUT2D eigenvalue weighted by Crippen LogP contribution is 2.26. The Balaban J connectivity index is 3.01. The van der Waals surface area contributed by atoms with Gasteiger partial charge in [-0.25, -0.2) is 4.79 Å². The molecule has 4 heteroatoms. The van der Waals surface area contributed by atoms with Crippen molar-refractivity contribution in [3.05, 3.63) is 23.8 Å². The van der Waals surface area contributed by atoms with E-state index >= 15 is 0 Å². The van der Waals surface area contributed by atoms with Gasteiger partial charge >= 0.3 is 5.97 Å².